The van der Waals surface area contributed by atoms with E-state index in [1.807, 2.05) is 18.2 Å². The molecule has 1 heterocycles. The fourth-order valence-corrected chi connectivity index (χ4v) is 11.0. The highest BCUT2D eigenvalue weighted by Crippen LogP contribution is 2.47. The molecule has 206 valence electrons. The van der Waals surface area contributed by atoms with Crippen LogP contribution < -0.4 is 16.1 Å². The molecule has 4 aromatic rings. The number of hydrogen-bond donors (Lipinski definition) is 1. The SMILES string of the molecule is CC(C)(C)[Si](OC1CC(c2coc(C#N)c2N)CC1COCc1ccccc1)(c1ccccc1)c1ccccc1. The lowest BCUT2D eigenvalue weighted by atomic mass is 9.97. The van der Waals surface area contributed by atoms with Gasteiger partial charge in [0.15, 0.2) is 0 Å². The molecule has 0 spiro atoms. The fraction of sp³-hybridized carbons (Fsp3) is 0.324. The minimum atomic E-state index is -2.77. The smallest absolute Gasteiger partial charge is 0.261 e. The number of benzene rings is 3. The highest BCUT2D eigenvalue weighted by atomic mass is 28.4. The molecule has 0 saturated heterocycles. The summed E-state index contributed by atoms with van der Waals surface area (Å²) in [5, 5.41) is 11.8. The predicted octanol–water partition coefficient (Wildman–Crippen LogP) is 6.39. The molecule has 6 heteroatoms. The van der Waals surface area contributed by atoms with Gasteiger partial charge in [-0.1, -0.05) is 112 Å². The van der Waals surface area contributed by atoms with E-state index in [9.17, 15) is 5.26 Å². The maximum Gasteiger partial charge on any atom is 0.261 e. The molecular weight excluding hydrogens is 512 g/mol. The Kier molecular flexibility index (Phi) is 8.27. The second-order valence-corrected chi connectivity index (χ2v) is 16.0. The van der Waals surface area contributed by atoms with E-state index >= 15 is 0 Å². The van der Waals surface area contributed by atoms with Gasteiger partial charge in [0.05, 0.1) is 31.3 Å². The van der Waals surface area contributed by atoms with E-state index < -0.39 is 8.32 Å². The van der Waals surface area contributed by atoms with E-state index in [0.717, 1.165) is 24.0 Å². The molecule has 2 N–H and O–H groups in total. The molecule has 1 aromatic heterocycles. The number of anilines is 1. The normalized spacial score (nSPS) is 19.4. The van der Waals surface area contributed by atoms with Crippen LogP contribution in [0.25, 0.3) is 0 Å². The van der Waals surface area contributed by atoms with Crippen LogP contribution in [0.3, 0.4) is 0 Å². The lowest BCUT2D eigenvalue weighted by molar-refractivity contribution is 0.0427. The molecule has 5 rings (SSSR count). The molecule has 3 aromatic carbocycles. The molecule has 1 fully saturated rings. The first-order valence-corrected chi connectivity index (χ1v) is 15.9. The number of nitrogens with zero attached hydrogens (tertiary/aromatic N) is 1. The van der Waals surface area contributed by atoms with E-state index in [1.54, 1.807) is 6.26 Å². The van der Waals surface area contributed by atoms with Crippen LogP contribution in [0.15, 0.2) is 102 Å². The minimum Gasteiger partial charge on any atom is -0.451 e. The average molecular weight is 551 g/mol. The number of ether oxygens (including phenoxy) is 1. The first-order valence-electron chi connectivity index (χ1n) is 14.0. The molecule has 1 aliphatic carbocycles. The van der Waals surface area contributed by atoms with Crippen molar-refractivity contribution in [1.29, 1.82) is 5.26 Å². The van der Waals surface area contributed by atoms with Gasteiger partial charge < -0.3 is 19.3 Å². The van der Waals surface area contributed by atoms with Gasteiger partial charge in [-0.3, -0.25) is 0 Å². The van der Waals surface area contributed by atoms with E-state index in [0.29, 0.717) is 18.9 Å². The molecule has 0 aliphatic heterocycles. The number of nitrogens with two attached hydrogens (primary N) is 1. The third kappa shape index (κ3) is 5.51. The summed E-state index contributed by atoms with van der Waals surface area (Å²) in [7, 11) is -2.77. The Morgan fingerprint density at radius 1 is 0.900 bits per heavy atom. The van der Waals surface area contributed by atoms with Crippen molar-refractivity contribution in [2.45, 2.75) is 57.3 Å². The third-order valence-corrected chi connectivity index (χ3v) is 13.3. The minimum absolute atomic E-state index is 0.0492. The van der Waals surface area contributed by atoms with E-state index in [2.05, 4.69) is 99.6 Å². The summed E-state index contributed by atoms with van der Waals surface area (Å²) in [5.74, 6) is 0.470. The Labute approximate surface area is 238 Å². The highest BCUT2D eigenvalue weighted by molar-refractivity contribution is 6.99. The molecular formula is C34H38N2O3Si. The van der Waals surface area contributed by atoms with E-state index in [1.165, 1.54) is 10.4 Å². The first-order chi connectivity index (χ1) is 19.3. The van der Waals surface area contributed by atoms with Gasteiger partial charge in [-0.2, -0.15) is 5.26 Å². The molecule has 1 aliphatic rings. The van der Waals surface area contributed by atoms with Gasteiger partial charge in [0, 0.05) is 11.5 Å². The van der Waals surface area contributed by atoms with Gasteiger partial charge in [0.1, 0.15) is 6.07 Å². The number of rotatable bonds is 9. The van der Waals surface area contributed by atoms with Gasteiger partial charge in [-0.05, 0) is 39.7 Å². The number of nitriles is 1. The number of furan rings is 1. The largest absolute Gasteiger partial charge is 0.451 e. The van der Waals surface area contributed by atoms with Gasteiger partial charge in [0.2, 0.25) is 5.76 Å². The standard InChI is InChI=1S/C34H38N2O3Si/c1-34(2,3)40(28-15-9-5-10-16-28,29-17-11-6-12-18-29)39-31-20-26(30-24-38-32(21-35)33(30)36)19-27(31)23-37-22-25-13-7-4-8-14-25/h4-18,24,26-27,31H,19-20,22-23,36H2,1-3H3. The topological polar surface area (TPSA) is 81.4 Å². The number of nitrogen functional groups attached to an aromatic ring is 1. The van der Waals surface area contributed by atoms with Crippen molar-refractivity contribution in [2.75, 3.05) is 12.3 Å². The Morgan fingerprint density at radius 3 is 2.00 bits per heavy atom. The van der Waals surface area contributed by atoms with E-state index in [4.69, 9.17) is 19.3 Å². The van der Waals surface area contributed by atoms with Gasteiger partial charge >= 0.3 is 0 Å². The van der Waals surface area contributed by atoms with Gasteiger partial charge in [-0.15, -0.1) is 0 Å². The molecule has 0 bridgehead atoms. The molecule has 0 radical (unpaired) electrons. The Morgan fingerprint density at radius 2 is 1.48 bits per heavy atom. The van der Waals surface area contributed by atoms with Crippen LogP contribution in [0.2, 0.25) is 5.04 Å². The monoisotopic (exact) mass is 550 g/mol. The van der Waals surface area contributed by atoms with Crippen molar-refractivity contribution in [3.63, 3.8) is 0 Å². The summed E-state index contributed by atoms with van der Waals surface area (Å²) in [5.41, 5.74) is 8.86. The summed E-state index contributed by atoms with van der Waals surface area (Å²) in [6, 6.07) is 33.8. The van der Waals surface area contributed by atoms with Crippen LogP contribution in [0.5, 0.6) is 0 Å². The zero-order valence-corrected chi connectivity index (χ0v) is 24.5. The molecule has 3 atom stereocenters. The summed E-state index contributed by atoms with van der Waals surface area (Å²) in [6.45, 7) is 8.05. The fourth-order valence-electron chi connectivity index (χ4n) is 6.26. The lowest BCUT2D eigenvalue weighted by Crippen LogP contribution is -2.68. The van der Waals surface area contributed by atoms with Crippen molar-refractivity contribution in [1.82, 2.24) is 0 Å². The second-order valence-electron chi connectivity index (χ2n) is 11.8. The average Bonchev–Trinajstić information content (AvgIpc) is 3.54. The van der Waals surface area contributed by atoms with Crippen LogP contribution >= 0.6 is 0 Å². The summed E-state index contributed by atoms with van der Waals surface area (Å²) < 4.78 is 19.4. The summed E-state index contributed by atoms with van der Waals surface area (Å²) >= 11 is 0. The predicted molar refractivity (Wildman–Crippen MR) is 162 cm³/mol. The van der Waals surface area contributed by atoms with Crippen LogP contribution in [0.1, 0.15) is 56.4 Å². The molecule has 3 unspecified atom stereocenters. The zero-order chi connectivity index (χ0) is 28.2. The molecule has 0 amide bonds. The van der Waals surface area contributed by atoms with Crippen LogP contribution in [-0.2, 0) is 15.8 Å². The summed E-state index contributed by atoms with van der Waals surface area (Å²) in [4.78, 5) is 0. The van der Waals surface area contributed by atoms with Crippen molar-refractivity contribution < 1.29 is 13.6 Å². The Bertz CT molecular complexity index is 1390. The molecule has 40 heavy (non-hydrogen) atoms. The highest BCUT2D eigenvalue weighted by Gasteiger charge is 2.53. The van der Waals surface area contributed by atoms with Crippen LogP contribution in [0.4, 0.5) is 5.69 Å². The second kappa shape index (κ2) is 11.9. The Balaban J connectivity index is 1.51. The lowest BCUT2D eigenvalue weighted by Gasteiger charge is -2.45. The van der Waals surface area contributed by atoms with Crippen LogP contribution in [0, 0.1) is 17.2 Å². The quantitative estimate of drug-likeness (QED) is 0.244. The van der Waals surface area contributed by atoms with Gasteiger partial charge in [0.25, 0.3) is 8.32 Å². The maximum absolute atomic E-state index is 9.43. The zero-order valence-electron chi connectivity index (χ0n) is 23.5. The maximum atomic E-state index is 9.43. The molecule has 5 nitrogen and oxygen atoms in total. The van der Waals surface area contributed by atoms with Crippen molar-refractivity contribution >= 4 is 24.4 Å². The summed E-state index contributed by atoms with van der Waals surface area (Å²) in [6.07, 6.45) is 3.25. The van der Waals surface area contributed by atoms with Crippen molar-refractivity contribution in [2.24, 2.45) is 5.92 Å². The van der Waals surface area contributed by atoms with E-state index in [-0.39, 0.29) is 28.7 Å². The van der Waals surface area contributed by atoms with Crippen molar-refractivity contribution in [3.8, 4) is 6.07 Å². The molecule has 1 saturated carbocycles. The third-order valence-electron chi connectivity index (χ3n) is 8.22. The number of hydrogen-bond acceptors (Lipinski definition) is 5. The van der Waals surface area contributed by atoms with Gasteiger partial charge in [-0.25, -0.2) is 0 Å². The van der Waals surface area contributed by atoms with Crippen LogP contribution in [-0.4, -0.2) is 21.0 Å². The first kappa shape index (κ1) is 27.9. The van der Waals surface area contributed by atoms with Crippen molar-refractivity contribution in [3.05, 3.63) is 114 Å². The Hall–Kier alpha value is -3.63.